The first-order chi connectivity index (χ1) is 9.72. The number of para-hydroxylation sites is 1. The molecule has 1 aromatic carbocycles. The summed E-state index contributed by atoms with van der Waals surface area (Å²) in [7, 11) is 0. The van der Waals surface area contributed by atoms with Gasteiger partial charge in [-0.2, -0.15) is 0 Å². The molecule has 1 aliphatic rings. The summed E-state index contributed by atoms with van der Waals surface area (Å²) in [5.41, 5.74) is 1.94. The van der Waals surface area contributed by atoms with Gasteiger partial charge in [-0.1, -0.05) is 18.2 Å². The van der Waals surface area contributed by atoms with Crippen molar-refractivity contribution in [1.29, 1.82) is 0 Å². The van der Waals surface area contributed by atoms with Crippen molar-refractivity contribution >= 4 is 22.8 Å². The maximum atomic E-state index is 11.8. The van der Waals surface area contributed by atoms with Crippen LogP contribution in [0.15, 0.2) is 30.5 Å². The number of carbonyl (C=O) groups excluding carboxylic acids is 2. The quantitative estimate of drug-likeness (QED) is 0.829. The Morgan fingerprint density at radius 1 is 1.35 bits per heavy atom. The first-order valence-electron chi connectivity index (χ1n) is 6.72. The summed E-state index contributed by atoms with van der Waals surface area (Å²) in [5.74, 6) is -0.237. The number of amides is 1. The highest BCUT2D eigenvalue weighted by Crippen LogP contribution is 2.18. The number of benzene rings is 1. The summed E-state index contributed by atoms with van der Waals surface area (Å²) in [6.45, 7) is 0.257. The van der Waals surface area contributed by atoms with Gasteiger partial charge in [0.15, 0.2) is 0 Å². The van der Waals surface area contributed by atoms with Crippen molar-refractivity contribution in [3.8, 4) is 0 Å². The number of esters is 1. The van der Waals surface area contributed by atoms with Crippen molar-refractivity contribution < 1.29 is 14.3 Å². The minimum absolute atomic E-state index is 0.0303. The summed E-state index contributed by atoms with van der Waals surface area (Å²) >= 11 is 0. The van der Waals surface area contributed by atoms with Gasteiger partial charge in [0.25, 0.3) is 0 Å². The molecular weight excluding hydrogens is 256 g/mol. The highest BCUT2D eigenvalue weighted by molar-refractivity contribution is 5.87. The Balaban J connectivity index is 1.57. The molecular formula is C15H16N2O3. The van der Waals surface area contributed by atoms with Crippen LogP contribution in [0.3, 0.4) is 0 Å². The minimum atomic E-state index is -0.268. The Hall–Kier alpha value is -2.30. The van der Waals surface area contributed by atoms with E-state index in [2.05, 4.69) is 10.3 Å². The smallest absolute Gasteiger partial charge is 0.310 e. The van der Waals surface area contributed by atoms with Crippen LogP contribution < -0.4 is 5.32 Å². The molecule has 0 bridgehead atoms. The van der Waals surface area contributed by atoms with Gasteiger partial charge in [-0.05, 0) is 18.1 Å². The van der Waals surface area contributed by atoms with E-state index in [0.717, 1.165) is 22.9 Å². The average Bonchev–Trinajstić information content (AvgIpc) is 3.04. The summed E-state index contributed by atoms with van der Waals surface area (Å²) in [5, 5.41) is 3.82. The first-order valence-corrected chi connectivity index (χ1v) is 6.72. The highest BCUT2D eigenvalue weighted by Gasteiger charge is 2.22. The van der Waals surface area contributed by atoms with Gasteiger partial charge in [-0.15, -0.1) is 0 Å². The van der Waals surface area contributed by atoms with Gasteiger partial charge in [-0.25, -0.2) is 0 Å². The van der Waals surface area contributed by atoms with Crippen LogP contribution >= 0.6 is 0 Å². The van der Waals surface area contributed by atoms with E-state index in [1.165, 1.54) is 0 Å². The SMILES string of the molecule is O=C1CC[C@@H](COC(=O)Cc2c[nH]c3ccccc23)N1. The van der Waals surface area contributed by atoms with Crippen LogP contribution in [0.5, 0.6) is 0 Å². The molecule has 5 heteroatoms. The number of H-pyrrole nitrogens is 1. The van der Waals surface area contributed by atoms with Crippen LogP contribution in [0, 0.1) is 0 Å². The topological polar surface area (TPSA) is 71.2 Å². The second-order valence-electron chi connectivity index (χ2n) is 5.02. The van der Waals surface area contributed by atoms with Gasteiger partial charge in [0.2, 0.25) is 5.91 Å². The Labute approximate surface area is 116 Å². The lowest BCUT2D eigenvalue weighted by molar-refractivity contribution is -0.143. The predicted molar refractivity (Wildman–Crippen MR) is 74.1 cm³/mol. The van der Waals surface area contributed by atoms with Crippen LogP contribution in [0.25, 0.3) is 10.9 Å². The molecule has 1 aliphatic heterocycles. The number of aromatic amines is 1. The van der Waals surface area contributed by atoms with Crippen molar-refractivity contribution in [2.75, 3.05) is 6.61 Å². The third-order valence-electron chi connectivity index (χ3n) is 3.54. The van der Waals surface area contributed by atoms with E-state index < -0.39 is 0 Å². The third kappa shape index (κ3) is 2.66. The summed E-state index contributed by atoms with van der Waals surface area (Å²) in [6.07, 6.45) is 3.33. The summed E-state index contributed by atoms with van der Waals surface area (Å²) in [6, 6.07) is 7.81. The molecule has 0 radical (unpaired) electrons. The van der Waals surface area contributed by atoms with Crippen molar-refractivity contribution in [1.82, 2.24) is 10.3 Å². The lowest BCUT2D eigenvalue weighted by Crippen LogP contribution is -2.31. The van der Waals surface area contributed by atoms with E-state index in [1.807, 2.05) is 30.5 Å². The number of hydrogen-bond acceptors (Lipinski definition) is 3. The highest BCUT2D eigenvalue weighted by atomic mass is 16.5. The largest absolute Gasteiger partial charge is 0.463 e. The van der Waals surface area contributed by atoms with Gasteiger partial charge in [-0.3, -0.25) is 9.59 Å². The summed E-state index contributed by atoms with van der Waals surface area (Å²) in [4.78, 5) is 26.0. The Morgan fingerprint density at radius 3 is 3.00 bits per heavy atom. The molecule has 2 N–H and O–H groups in total. The van der Waals surface area contributed by atoms with Crippen LogP contribution in [0.4, 0.5) is 0 Å². The predicted octanol–water partition coefficient (Wildman–Crippen LogP) is 1.53. The van der Waals surface area contributed by atoms with Gasteiger partial charge in [0.1, 0.15) is 6.61 Å². The fraction of sp³-hybridized carbons (Fsp3) is 0.333. The number of ether oxygens (including phenoxy) is 1. The van der Waals surface area contributed by atoms with Crippen LogP contribution in [-0.2, 0) is 20.7 Å². The van der Waals surface area contributed by atoms with E-state index in [4.69, 9.17) is 4.74 Å². The van der Waals surface area contributed by atoms with Crippen molar-refractivity contribution in [3.05, 3.63) is 36.0 Å². The summed E-state index contributed by atoms with van der Waals surface area (Å²) < 4.78 is 5.23. The standard InChI is InChI=1S/C15H16N2O3/c18-14-6-5-11(17-14)9-20-15(19)7-10-8-16-13-4-2-1-3-12(10)13/h1-4,8,11,16H,5-7,9H2,(H,17,18)/t11-/m0/s1. The molecule has 2 aromatic rings. The van der Waals surface area contributed by atoms with Gasteiger partial charge < -0.3 is 15.0 Å². The average molecular weight is 272 g/mol. The Bertz CT molecular complexity index is 647. The van der Waals surface area contributed by atoms with Gasteiger partial charge >= 0.3 is 5.97 Å². The number of rotatable bonds is 4. The van der Waals surface area contributed by atoms with E-state index in [1.54, 1.807) is 0 Å². The molecule has 5 nitrogen and oxygen atoms in total. The van der Waals surface area contributed by atoms with E-state index in [0.29, 0.717) is 6.42 Å². The lowest BCUT2D eigenvalue weighted by Gasteiger charge is -2.10. The zero-order chi connectivity index (χ0) is 13.9. The fourth-order valence-corrected chi connectivity index (χ4v) is 2.48. The minimum Gasteiger partial charge on any atom is -0.463 e. The fourth-order valence-electron chi connectivity index (χ4n) is 2.48. The monoisotopic (exact) mass is 272 g/mol. The van der Waals surface area contributed by atoms with Crippen LogP contribution in [-0.4, -0.2) is 29.5 Å². The normalized spacial score (nSPS) is 18.2. The maximum absolute atomic E-state index is 11.8. The molecule has 1 fully saturated rings. The molecule has 0 unspecified atom stereocenters. The molecule has 20 heavy (non-hydrogen) atoms. The van der Waals surface area contributed by atoms with Crippen LogP contribution in [0.1, 0.15) is 18.4 Å². The number of fused-ring (bicyclic) bond motifs is 1. The van der Waals surface area contributed by atoms with E-state index >= 15 is 0 Å². The molecule has 2 heterocycles. The molecule has 0 saturated carbocycles. The lowest BCUT2D eigenvalue weighted by atomic mass is 10.1. The second kappa shape index (κ2) is 5.36. The van der Waals surface area contributed by atoms with E-state index in [9.17, 15) is 9.59 Å². The molecule has 104 valence electrons. The van der Waals surface area contributed by atoms with Crippen molar-refractivity contribution in [2.45, 2.75) is 25.3 Å². The number of nitrogens with one attached hydrogen (secondary N) is 2. The molecule has 0 aliphatic carbocycles. The Morgan fingerprint density at radius 2 is 2.20 bits per heavy atom. The number of hydrogen-bond donors (Lipinski definition) is 2. The first kappa shape index (κ1) is 12.7. The van der Waals surface area contributed by atoms with E-state index in [-0.39, 0.29) is 30.9 Å². The zero-order valence-electron chi connectivity index (χ0n) is 11.0. The Kier molecular flexibility index (Phi) is 3.41. The number of carbonyl (C=O) groups is 2. The van der Waals surface area contributed by atoms with Gasteiger partial charge in [0, 0.05) is 23.5 Å². The number of aromatic nitrogens is 1. The second-order valence-corrected chi connectivity index (χ2v) is 5.02. The third-order valence-corrected chi connectivity index (χ3v) is 3.54. The maximum Gasteiger partial charge on any atom is 0.310 e. The molecule has 0 spiro atoms. The molecule has 1 atom stereocenters. The molecule has 1 saturated heterocycles. The zero-order valence-corrected chi connectivity index (χ0v) is 11.0. The van der Waals surface area contributed by atoms with Crippen molar-refractivity contribution in [2.24, 2.45) is 0 Å². The molecule has 1 aromatic heterocycles. The van der Waals surface area contributed by atoms with Crippen LogP contribution in [0.2, 0.25) is 0 Å². The molecule has 3 rings (SSSR count). The van der Waals surface area contributed by atoms with Gasteiger partial charge in [0.05, 0.1) is 12.5 Å². The van der Waals surface area contributed by atoms with Crippen molar-refractivity contribution in [3.63, 3.8) is 0 Å². The molecule has 1 amide bonds.